The van der Waals surface area contributed by atoms with Gasteiger partial charge in [0.25, 0.3) is 0 Å². The third-order valence-electron chi connectivity index (χ3n) is 4.33. The summed E-state index contributed by atoms with van der Waals surface area (Å²) >= 11 is 0. The molecule has 6 nitrogen and oxygen atoms in total. The SMILES string of the molecule is CCC(C)C(=O)NCc1ccccc1CS(=O)(=O)N1CCOCC1. The van der Waals surface area contributed by atoms with Gasteiger partial charge in [-0.05, 0) is 17.5 Å². The fraction of sp³-hybridized carbons (Fsp3) is 0.588. The Kier molecular flexibility index (Phi) is 6.77. The van der Waals surface area contributed by atoms with Crippen LogP contribution < -0.4 is 5.32 Å². The van der Waals surface area contributed by atoms with Gasteiger partial charge in [0.2, 0.25) is 15.9 Å². The fourth-order valence-corrected chi connectivity index (χ4v) is 4.09. The Labute approximate surface area is 144 Å². The molecule has 24 heavy (non-hydrogen) atoms. The van der Waals surface area contributed by atoms with Crippen LogP contribution in [0.15, 0.2) is 24.3 Å². The first kappa shape index (κ1) is 18.9. The first-order valence-electron chi connectivity index (χ1n) is 8.34. The van der Waals surface area contributed by atoms with Gasteiger partial charge in [0.05, 0.1) is 19.0 Å². The topological polar surface area (TPSA) is 75.7 Å². The second-order valence-electron chi connectivity index (χ2n) is 6.06. The summed E-state index contributed by atoms with van der Waals surface area (Å²) in [6.07, 6.45) is 0.777. The minimum Gasteiger partial charge on any atom is -0.379 e. The Morgan fingerprint density at radius 1 is 1.25 bits per heavy atom. The number of sulfonamides is 1. The first-order valence-corrected chi connectivity index (χ1v) is 9.95. The lowest BCUT2D eigenvalue weighted by atomic mass is 10.1. The van der Waals surface area contributed by atoms with Crippen LogP contribution in [0.2, 0.25) is 0 Å². The van der Waals surface area contributed by atoms with Gasteiger partial charge in [0, 0.05) is 25.6 Å². The molecule has 1 fully saturated rings. The number of ether oxygens (including phenoxy) is 1. The van der Waals surface area contributed by atoms with Crippen molar-refractivity contribution >= 4 is 15.9 Å². The van der Waals surface area contributed by atoms with E-state index in [0.717, 1.165) is 17.5 Å². The molecule has 0 radical (unpaired) electrons. The zero-order chi connectivity index (χ0) is 17.6. The highest BCUT2D eigenvalue weighted by molar-refractivity contribution is 7.88. The number of nitrogens with zero attached hydrogens (tertiary/aromatic N) is 1. The number of benzene rings is 1. The lowest BCUT2D eigenvalue weighted by Gasteiger charge is -2.26. The molecule has 1 aromatic carbocycles. The molecule has 0 bridgehead atoms. The van der Waals surface area contributed by atoms with Gasteiger partial charge in [-0.3, -0.25) is 4.79 Å². The number of morpholine rings is 1. The zero-order valence-electron chi connectivity index (χ0n) is 14.3. The molecule has 0 aromatic heterocycles. The van der Waals surface area contributed by atoms with Gasteiger partial charge in [-0.15, -0.1) is 0 Å². The second kappa shape index (κ2) is 8.60. The highest BCUT2D eigenvalue weighted by Gasteiger charge is 2.25. The molecule has 1 amide bonds. The molecular weight excluding hydrogens is 328 g/mol. The second-order valence-corrected chi connectivity index (χ2v) is 8.03. The standard InChI is InChI=1S/C17H26N2O4S/c1-3-14(2)17(20)18-12-15-6-4-5-7-16(15)13-24(21,22)19-8-10-23-11-9-19/h4-7,14H,3,8-13H2,1-2H3,(H,18,20). The molecule has 1 aromatic rings. The van der Waals surface area contributed by atoms with Gasteiger partial charge in [0.15, 0.2) is 0 Å². The van der Waals surface area contributed by atoms with Crippen molar-refractivity contribution in [2.75, 3.05) is 26.3 Å². The van der Waals surface area contributed by atoms with E-state index in [0.29, 0.717) is 32.8 Å². The van der Waals surface area contributed by atoms with E-state index in [1.807, 2.05) is 38.1 Å². The molecule has 2 rings (SSSR count). The number of hydrogen-bond acceptors (Lipinski definition) is 4. The average Bonchev–Trinajstić information content (AvgIpc) is 2.60. The number of rotatable bonds is 7. The van der Waals surface area contributed by atoms with Gasteiger partial charge in [-0.1, -0.05) is 38.1 Å². The molecule has 1 aliphatic heterocycles. The van der Waals surface area contributed by atoms with Crippen molar-refractivity contribution in [2.45, 2.75) is 32.6 Å². The number of carbonyl (C=O) groups excluding carboxylic acids is 1. The molecule has 134 valence electrons. The molecule has 1 N–H and O–H groups in total. The maximum atomic E-state index is 12.6. The maximum absolute atomic E-state index is 12.6. The van der Waals surface area contributed by atoms with Crippen LogP contribution in [0, 0.1) is 5.92 Å². The highest BCUT2D eigenvalue weighted by Crippen LogP contribution is 2.17. The largest absolute Gasteiger partial charge is 0.379 e. The number of carbonyl (C=O) groups is 1. The summed E-state index contributed by atoms with van der Waals surface area (Å²) in [4.78, 5) is 11.9. The molecule has 1 unspecified atom stereocenters. The molecule has 0 spiro atoms. The molecule has 0 aliphatic carbocycles. The van der Waals surface area contributed by atoms with Crippen LogP contribution in [0.1, 0.15) is 31.4 Å². The Bertz CT molecular complexity index is 654. The van der Waals surface area contributed by atoms with Gasteiger partial charge < -0.3 is 10.1 Å². The fourth-order valence-electron chi connectivity index (χ4n) is 2.53. The van der Waals surface area contributed by atoms with E-state index in [1.165, 1.54) is 4.31 Å². The molecule has 0 saturated carbocycles. The van der Waals surface area contributed by atoms with Crippen LogP contribution in [0.5, 0.6) is 0 Å². The Morgan fingerprint density at radius 2 is 1.88 bits per heavy atom. The lowest BCUT2D eigenvalue weighted by molar-refractivity contribution is -0.124. The van der Waals surface area contributed by atoms with Crippen molar-refractivity contribution in [3.8, 4) is 0 Å². The van der Waals surface area contributed by atoms with E-state index >= 15 is 0 Å². The van der Waals surface area contributed by atoms with Crippen molar-refractivity contribution in [3.05, 3.63) is 35.4 Å². The van der Waals surface area contributed by atoms with Gasteiger partial charge in [-0.25, -0.2) is 8.42 Å². The Balaban J connectivity index is 2.06. The van der Waals surface area contributed by atoms with Gasteiger partial charge in [0.1, 0.15) is 0 Å². The predicted molar refractivity (Wildman–Crippen MR) is 92.8 cm³/mol. The smallest absolute Gasteiger partial charge is 0.223 e. The Hall–Kier alpha value is -1.44. The van der Waals surface area contributed by atoms with E-state index in [-0.39, 0.29) is 17.6 Å². The van der Waals surface area contributed by atoms with Crippen LogP contribution in [-0.4, -0.2) is 44.9 Å². The summed E-state index contributed by atoms with van der Waals surface area (Å²) in [6.45, 7) is 5.86. The van der Waals surface area contributed by atoms with E-state index < -0.39 is 10.0 Å². The quantitative estimate of drug-likeness (QED) is 0.805. The van der Waals surface area contributed by atoms with E-state index in [9.17, 15) is 13.2 Å². The predicted octanol–water partition coefficient (Wildman–Crippen LogP) is 1.51. The van der Waals surface area contributed by atoms with Gasteiger partial charge in [-0.2, -0.15) is 4.31 Å². The lowest BCUT2D eigenvalue weighted by Crippen LogP contribution is -2.41. The highest BCUT2D eigenvalue weighted by atomic mass is 32.2. The summed E-state index contributed by atoms with van der Waals surface area (Å²) in [5.74, 6) is -0.111. The van der Waals surface area contributed by atoms with E-state index in [4.69, 9.17) is 4.74 Å². The Morgan fingerprint density at radius 3 is 2.50 bits per heavy atom. The van der Waals surface area contributed by atoms with Crippen molar-refractivity contribution in [1.82, 2.24) is 9.62 Å². The minimum absolute atomic E-state index is 0.0108. The molecule has 1 saturated heterocycles. The normalized spacial score (nSPS) is 17.4. The average molecular weight is 354 g/mol. The summed E-state index contributed by atoms with van der Waals surface area (Å²) in [5.41, 5.74) is 1.57. The van der Waals surface area contributed by atoms with Crippen molar-refractivity contribution in [2.24, 2.45) is 5.92 Å². The van der Waals surface area contributed by atoms with Crippen LogP contribution in [-0.2, 0) is 31.9 Å². The minimum atomic E-state index is -3.38. The summed E-state index contributed by atoms with van der Waals surface area (Å²) in [7, 11) is -3.38. The molecule has 1 atom stereocenters. The van der Waals surface area contributed by atoms with Crippen LogP contribution in [0.3, 0.4) is 0 Å². The number of hydrogen-bond donors (Lipinski definition) is 1. The zero-order valence-corrected chi connectivity index (χ0v) is 15.1. The molecule has 1 aliphatic rings. The van der Waals surface area contributed by atoms with Gasteiger partial charge >= 0.3 is 0 Å². The third-order valence-corrected chi connectivity index (χ3v) is 6.16. The third kappa shape index (κ3) is 5.03. The van der Waals surface area contributed by atoms with Crippen molar-refractivity contribution in [1.29, 1.82) is 0 Å². The molecule has 7 heteroatoms. The first-order chi connectivity index (χ1) is 11.4. The number of amides is 1. The van der Waals surface area contributed by atoms with E-state index in [2.05, 4.69) is 5.32 Å². The van der Waals surface area contributed by atoms with Crippen molar-refractivity contribution in [3.63, 3.8) is 0 Å². The summed E-state index contributed by atoms with van der Waals surface area (Å²) in [5, 5.41) is 2.89. The monoisotopic (exact) mass is 354 g/mol. The van der Waals surface area contributed by atoms with Crippen molar-refractivity contribution < 1.29 is 17.9 Å². The maximum Gasteiger partial charge on any atom is 0.223 e. The molecular formula is C17H26N2O4S. The van der Waals surface area contributed by atoms with E-state index in [1.54, 1.807) is 0 Å². The molecule has 1 heterocycles. The summed E-state index contributed by atoms with van der Waals surface area (Å²) in [6, 6.07) is 7.35. The van der Waals surface area contributed by atoms with Crippen LogP contribution in [0.25, 0.3) is 0 Å². The summed E-state index contributed by atoms with van der Waals surface area (Å²) < 4.78 is 31.9. The van der Waals surface area contributed by atoms with Crippen LogP contribution in [0.4, 0.5) is 0 Å². The van der Waals surface area contributed by atoms with Crippen LogP contribution >= 0.6 is 0 Å². The number of nitrogens with one attached hydrogen (secondary N) is 1.